The van der Waals surface area contributed by atoms with Gasteiger partial charge >= 0.3 is 5.97 Å². The molecule has 0 saturated carbocycles. The van der Waals surface area contributed by atoms with Gasteiger partial charge in [0, 0.05) is 19.2 Å². The minimum absolute atomic E-state index is 0.118. The van der Waals surface area contributed by atoms with Crippen LogP contribution in [0.25, 0.3) is 6.08 Å². The van der Waals surface area contributed by atoms with Crippen LogP contribution in [0, 0.1) is 0 Å². The molecule has 1 atom stereocenters. The molecule has 2 aliphatic rings. The Hall–Kier alpha value is -2.50. The Bertz CT molecular complexity index is 677. The zero-order valence-electron chi connectivity index (χ0n) is 15.1. The van der Waals surface area contributed by atoms with Crippen LogP contribution in [-0.2, 0) is 14.3 Å². The minimum Gasteiger partial charge on any atom is -0.486 e. The van der Waals surface area contributed by atoms with Crippen molar-refractivity contribution in [3.63, 3.8) is 0 Å². The van der Waals surface area contributed by atoms with Crippen LogP contribution in [0.3, 0.4) is 0 Å². The molecular formula is C20H25NO5. The topological polar surface area (TPSA) is 65.1 Å². The third-order valence-electron chi connectivity index (χ3n) is 4.54. The van der Waals surface area contributed by atoms with Crippen molar-refractivity contribution in [3.8, 4) is 11.5 Å². The lowest BCUT2D eigenvalue weighted by atomic mass is 10.2. The predicted molar refractivity (Wildman–Crippen MR) is 97.1 cm³/mol. The fraction of sp³-hybridized carbons (Fsp3) is 0.500. The largest absolute Gasteiger partial charge is 0.486 e. The van der Waals surface area contributed by atoms with E-state index in [-0.39, 0.29) is 5.91 Å². The number of amides is 1. The second kappa shape index (κ2) is 8.74. The molecule has 3 rings (SSSR count). The second-order valence-electron chi connectivity index (χ2n) is 6.56. The van der Waals surface area contributed by atoms with E-state index in [9.17, 15) is 9.59 Å². The van der Waals surface area contributed by atoms with E-state index in [1.807, 2.05) is 18.2 Å². The van der Waals surface area contributed by atoms with Gasteiger partial charge in [-0.05, 0) is 43.5 Å². The summed E-state index contributed by atoms with van der Waals surface area (Å²) in [6, 6.07) is 5.46. The molecule has 140 valence electrons. The molecule has 6 heteroatoms. The second-order valence-corrected chi connectivity index (χ2v) is 6.56. The molecular weight excluding hydrogens is 334 g/mol. The summed E-state index contributed by atoms with van der Waals surface area (Å²) in [5.41, 5.74) is 0.803. The van der Waals surface area contributed by atoms with Crippen LogP contribution < -0.4 is 9.47 Å². The molecule has 1 fully saturated rings. The van der Waals surface area contributed by atoms with Crippen molar-refractivity contribution in [2.24, 2.45) is 0 Å². The first-order chi connectivity index (χ1) is 12.6. The van der Waals surface area contributed by atoms with Crippen molar-refractivity contribution in [1.82, 2.24) is 4.90 Å². The van der Waals surface area contributed by atoms with Gasteiger partial charge in [-0.25, -0.2) is 4.79 Å². The van der Waals surface area contributed by atoms with E-state index in [1.165, 1.54) is 6.08 Å². The summed E-state index contributed by atoms with van der Waals surface area (Å²) in [5, 5.41) is 0. The van der Waals surface area contributed by atoms with Crippen molar-refractivity contribution in [2.45, 2.75) is 38.7 Å². The van der Waals surface area contributed by atoms with E-state index in [2.05, 4.69) is 0 Å². The first-order valence-corrected chi connectivity index (χ1v) is 9.20. The molecule has 2 aliphatic heterocycles. The first kappa shape index (κ1) is 18.3. The summed E-state index contributed by atoms with van der Waals surface area (Å²) in [4.78, 5) is 26.3. The molecule has 0 N–H and O–H groups in total. The molecule has 0 aliphatic carbocycles. The number of nitrogens with zero attached hydrogens (tertiary/aromatic N) is 1. The number of likely N-dealkylation sites (tertiary alicyclic amines) is 1. The van der Waals surface area contributed by atoms with Crippen molar-refractivity contribution >= 4 is 18.0 Å². The van der Waals surface area contributed by atoms with E-state index in [1.54, 1.807) is 17.9 Å². The summed E-state index contributed by atoms with van der Waals surface area (Å²) >= 11 is 0. The fourth-order valence-corrected chi connectivity index (χ4v) is 3.14. The Kier molecular flexibility index (Phi) is 6.15. The lowest BCUT2D eigenvalue weighted by Gasteiger charge is -2.23. The number of hydrogen-bond donors (Lipinski definition) is 0. The number of carbonyl (C=O) groups is 2. The molecule has 1 saturated heterocycles. The third kappa shape index (κ3) is 4.77. The molecule has 1 aromatic carbocycles. The van der Waals surface area contributed by atoms with E-state index in [0.29, 0.717) is 24.7 Å². The summed E-state index contributed by atoms with van der Waals surface area (Å²) in [7, 11) is 0. The van der Waals surface area contributed by atoms with E-state index < -0.39 is 12.1 Å². The highest BCUT2D eigenvalue weighted by Gasteiger charge is 2.23. The molecule has 1 amide bonds. The molecule has 0 aromatic heterocycles. The third-order valence-corrected chi connectivity index (χ3v) is 4.54. The van der Waals surface area contributed by atoms with Gasteiger partial charge in [0.05, 0.1) is 0 Å². The summed E-state index contributed by atoms with van der Waals surface area (Å²) in [6.45, 7) is 4.17. The summed E-state index contributed by atoms with van der Waals surface area (Å²) < 4.78 is 16.3. The average Bonchev–Trinajstić information content (AvgIpc) is 2.95. The zero-order chi connectivity index (χ0) is 18.4. The molecule has 26 heavy (non-hydrogen) atoms. The zero-order valence-corrected chi connectivity index (χ0v) is 15.1. The molecule has 0 bridgehead atoms. The van der Waals surface area contributed by atoms with Gasteiger partial charge in [-0.3, -0.25) is 4.79 Å². The number of fused-ring (bicyclic) bond motifs is 1. The maximum atomic E-state index is 12.4. The maximum Gasteiger partial charge on any atom is 0.331 e. The van der Waals surface area contributed by atoms with Gasteiger partial charge in [0.25, 0.3) is 5.91 Å². The van der Waals surface area contributed by atoms with E-state index in [0.717, 1.165) is 44.3 Å². The van der Waals surface area contributed by atoms with Crippen molar-refractivity contribution in [3.05, 3.63) is 29.8 Å². The Morgan fingerprint density at radius 1 is 1.08 bits per heavy atom. The molecule has 0 radical (unpaired) electrons. The van der Waals surface area contributed by atoms with Crippen LogP contribution in [0.1, 0.15) is 38.2 Å². The first-order valence-electron chi connectivity index (χ1n) is 9.20. The minimum atomic E-state index is -0.773. The van der Waals surface area contributed by atoms with Gasteiger partial charge in [-0.1, -0.05) is 18.9 Å². The standard InChI is InChI=1S/C20H25NO5/c1-15(20(23)21-10-4-2-3-5-11-21)26-19(22)9-7-16-6-8-17-18(14-16)25-13-12-24-17/h6-9,14-15H,2-5,10-13H2,1H3/b9-7+/t15-/m1/s1. The Labute approximate surface area is 153 Å². The Balaban J connectivity index is 1.54. The summed E-state index contributed by atoms with van der Waals surface area (Å²) in [5.74, 6) is 0.715. The molecule has 6 nitrogen and oxygen atoms in total. The quantitative estimate of drug-likeness (QED) is 0.611. The van der Waals surface area contributed by atoms with E-state index in [4.69, 9.17) is 14.2 Å². The molecule has 0 unspecified atom stereocenters. The van der Waals surface area contributed by atoms with Crippen LogP contribution in [0.4, 0.5) is 0 Å². The fourth-order valence-electron chi connectivity index (χ4n) is 3.14. The van der Waals surface area contributed by atoms with Crippen LogP contribution in [0.5, 0.6) is 11.5 Å². The van der Waals surface area contributed by atoms with Crippen molar-refractivity contribution in [1.29, 1.82) is 0 Å². The van der Waals surface area contributed by atoms with Gasteiger partial charge < -0.3 is 19.1 Å². The summed E-state index contributed by atoms with van der Waals surface area (Å²) in [6.07, 6.45) is 6.52. The molecule has 0 spiro atoms. The molecule has 2 heterocycles. The average molecular weight is 359 g/mol. The molecule has 1 aromatic rings. The monoisotopic (exact) mass is 359 g/mol. The smallest absolute Gasteiger partial charge is 0.331 e. The predicted octanol–water partition coefficient (Wildman–Crippen LogP) is 2.81. The maximum absolute atomic E-state index is 12.4. The Morgan fingerprint density at radius 2 is 1.77 bits per heavy atom. The van der Waals surface area contributed by atoms with Gasteiger partial charge in [0.2, 0.25) is 0 Å². The van der Waals surface area contributed by atoms with Crippen molar-refractivity contribution < 1.29 is 23.8 Å². The lowest BCUT2D eigenvalue weighted by molar-refractivity contribution is -0.155. The lowest BCUT2D eigenvalue weighted by Crippen LogP contribution is -2.40. The van der Waals surface area contributed by atoms with Gasteiger partial charge in [-0.2, -0.15) is 0 Å². The highest BCUT2D eigenvalue weighted by Crippen LogP contribution is 2.31. The number of hydrogen-bond acceptors (Lipinski definition) is 5. The van der Waals surface area contributed by atoms with Crippen LogP contribution >= 0.6 is 0 Å². The normalized spacial score (nSPS) is 18.3. The number of carbonyl (C=O) groups excluding carboxylic acids is 2. The number of ether oxygens (including phenoxy) is 3. The Morgan fingerprint density at radius 3 is 2.50 bits per heavy atom. The van der Waals surface area contributed by atoms with Crippen LogP contribution in [0.15, 0.2) is 24.3 Å². The van der Waals surface area contributed by atoms with Crippen LogP contribution in [-0.4, -0.2) is 49.2 Å². The number of esters is 1. The van der Waals surface area contributed by atoms with Crippen molar-refractivity contribution in [2.75, 3.05) is 26.3 Å². The van der Waals surface area contributed by atoms with Gasteiger partial charge in [0.1, 0.15) is 13.2 Å². The van der Waals surface area contributed by atoms with Crippen LogP contribution in [0.2, 0.25) is 0 Å². The number of benzene rings is 1. The van der Waals surface area contributed by atoms with Gasteiger partial charge in [-0.15, -0.1) is 0 Å². The SMILES string of the molecule is C[C@@H](OC(=O)/C=C/c1ccc2c(c1)OCCO2)C(=O)N1CCCCCC1. The highest BCUT2D eigenvalue weighted by atomic mass is 16.6. The number of rotatable bonds is 4. The highest BCUT2D eigenvalue weighted by molar-refractivity contribution is 5.90. The van der Waals surface area contributed by atoms with E-state index >= 15 is 0 Å². The van der Waals surface area contributed by atoms with Gasteiger partial charge in [0.15, 0.2) is 17.6 Å².